The Labute approximate surface area is 113 Å². The van der Waals surface area contributed by atoms with Crippen LogP contribution in [0.3, 0.4) is 0 Å². The van der Waals surface area contributed by atoms with E-state index in [0.29, 0.717) is 17.0 Å². The van der Waals surface area contributed by atoms with Crippen molar-refractivity contribution in [3.05, 3.63) is 23.8 Å². The van der Waals surface area contributed by atoms with Crippen molar-refractivity contribution in [3.63, 3.8) is 0 Å². The molecule has 0 aromatic heterocycles. The molecule has 19 heavy (non-hydrogen) atoms. The van der Waals surface area contributed by atoms with Gasteiger partial charge in [-0.3, -0.25) is 9.59 Å². The summed E-state index contributed by atoms with van der Waals surface area (Å²) in [5.74, 6) is 0.530. The SMILES string of the molecule is CC(=O)c1ccc2c(c1)N(C(C)C)C(=O)C(C)(C)O2. The van der Waals surface area contributed by atoms with Crippen LogP contribution in [0.25, 0.3) is 0 Å². The number of ether oxygens (including phenoxy) is 1. The Morgan fingerprint density at radius 2 is 1.95 bits per heavy atom. The third-order valence-electron chi connectivity index (χ3n) is 3.24. The molecule has 1 aromatic carbocycles. The lowest BCUT2D eigenvalue weighted by Gasteiger charge is -2.40. The number of benzene rings is 1. The van der Waals surface area contributed by atoms with Crippen molar-refractivity contribution in [2.75, 3.05) is 4.90 Å². The van der Waals surface area contributed by atoms with Gasteiger partial charge < -0.3 is 9.64 Å². The van der Waals surface area contributed by atoms with Crippen LogP contribution in [0.2, 0.25) is 0 Å². The van der Waals surface area contributed by atoms with Crippen LogP contribution in [0.1, 0.15) is 45.0 Å². The third kappa shape index (κ3) is 2.23. The Morgan fingerprint density at radius 1 is 1.32 bits per heavy atom. The minimum Gasteiger partial charge on any atom is -0.476 e. The number of hydrogen-bond acceptors (Lipinski definition) is 3. The molecule has 4 heteroatoms. The maximum absolute atomic E-state index is 12.4. The van der Waals surface area contributed by atoms with E-state index >= 15 is 0 Å². The van der Waals surface area contributed by atoms with E-state index in [9.17, 15) is 9.59 Å². The first-order valence-corrected chi connectivity index (χ1v) is 6.41. The van der Waals surface area contributed by atoms with Crippen LogP contribution in [-0.2, 0) is 4.79 Å². The molecule has 102 valence electrons. The molecular weight excluding hydrogens is 242 g/mol. The van der Waals surface area contributed by atoms with Gasteiger partial charge in [0.2, 0.25) is 0 Å². The molecule has 0 aliphatic carbocycles. The average molecular weight is 261 g/mol. The lowest BCUT2D eigenvalue weighted by Crippen LogP contribution is -2.54. The van der Waals surface area contributed by atoms with Crippen LogP contribution < -0.4 is 9.64 Å². The van der Waals surface area contributed by atoms with Gasteiger partial charge in [-0.1, -0.05) is 0 Å². The van der Waals surface area contributed by atoms with Gasteiger partial charge >= 0.3 is 0 Å². The number of nitrogens with zero attached hydrogens (tertiary/aromatic N) is 1. The highest BCUT2D eigenvalue weighted by molar-refractivity contribution is 6.04. The summed E-state index contributed by atoms with van der Waals surface area (Å²) >= 11 is 0. The van der Waals surface area contributed by atoms with Crippen LogP contribution in [0, 0.1) is 0 Å². The Morgan fingerprint density at radius 3 is 2.47 bits per heavy atom. The van der Waals surface area contributed by atoms with Gasteiger partial charge in [-0.05, 0) is 52.8 Å². The van der Waals surface area contributed by atoms with Gasteiger partial charge in [0.15, 0.2) is 11.4 Å². The zero-order valence-electron chi connectivity index (χ0n) is 12.0. The molecule has 1 aromatic rings. The molecule has 0 spiro atoms. The molecule has 0 bridgehead atoms. The van der Waals surface area contributed by atoms with E-state index in [-0.39, 0.29) is 17.7 Å². The van der Waals surface area contributed by atoms with E-state index in [2.05, 4.69) is 0 Å². The molecule has 0 unspecified atom stereocenters. The summed E-state index contributed by atoms with van der Waals surface area (Å²) in [6.07, 6.45) is 0. The largest absolute Gasteiger partial charge is 0.476 e. The summed E-state index contributed by atoms with van der Waals surface area (Å²) in [6, 6.07) is 5.23. The average Bonchev–Trinajstić information content (AvgIpc) is 2.29. The van der Waals surface area contributed by atoms with E-state index in [1.807, 2.05) is 13.8 Å². The number of hydrogen-bond donors (Lipinski definition) is 0. The zero-order chi connectivity index (χ0) is 14.4. The van der Waals surface area contributed by atoms with Crippen LogP contribution in [0.4, 0.5) is 5.69 Å². The number of carbonyl (C=O) groups is 2. The van der Waals surface area contributed by atoms with Crippen molar-refractivity contribution < 1.29 is 14.3 Å². The fourth-order valence-electron chi connectivity index (χ4n) is 2.24. The lowest BCUT2D eigenvalue weighted by atomic mass is 10.0. The first-order chi connectivity index (χ1) is 8.74. The minimum absolute atomic E-state index is 0.0108. The Balaban J connectivity index is 2.60. The fourth-order valence-corrected chi connectivity index (χ4v) is 2.24. The molecule has 4 nitrogen and oxygen atoms in total. The van der Waals surface area contributed by atoms with E-state index in [1.165, 1.54) is 6.92 Å². The second-order valence-corrected chi connectivity index (χ2v) is 5.62. The van der Waals surface area contributed by atoms with E-state index in [4.69, 9.17) is 4.74 Å². The normalized spacial score (nSPS) is 17.2. The van der Waals surface area contributed by atoms with Crippen molar-refractivity contribution in [2.24, 2.45) is 0 Å². The highest BCUT2D eigenvalue weighted by atomic mass is 16.5. The number of rotatable bonds is 2. The van der Waals surface area contributed by atoms with Gasteiger partial charge in [0.25, 0.3) is 5.91 Å². The maximum atomic E-state index is 12.4. The molecule has 0 fully saturated rings. The first-order valence-electron chi connectivity index (χ1n) is 6.41. The van der Waals surface area contributed by atoms with Crippen molar-refractivity contribution in [3.8, 4) is 5.75 Å². The molecule has 0 saturated carbocycles. The van der Waals surface area contributed by atoms with Crippen molar-refractivity contribution in [1.29, 1.82) is 0 Å². The smallest absolute Gasteiger partial charge is 0.270 e. The summed E-state index contributed by atoms with van der Waals surface area (Å²) in [5, 5.41) is 0. The number of carbonyl (C=O) groups excluding carboxylic acids is 2. The third-order valence-corrected chi connectivity index (χ3v) is 3.24. The summed E-state index contributed by atoms with van der Waals surface area (Å²) in [6.45, 7) is 8.92. The van der Waals surface area contributed by atoms with Gasteiger partial charge in [-0.15, -0.1) is 0 Å². The Bertz CT molecular complexity index is 546. The molecule has 1 amide bonds. The quantitative estimate of drug-likeness (QED) is 0.769. The minimum atomic E-state index is -0.880. The van der Waals surface area contributed by atoms with Gasteiger partial charge in [0.05, 0.1) is 5.69 Å². The van der Waals surface area contributed by atoms with Crippen LogP contribution in [-0.4, -0.2) is 23.3 Å². The highest BCUT2D eigenvalue weighted by Gasteiger charge is 2.42. The van der Waals surface area contributed by atoms with Crippen molar-refractivity contribution >= 4 is 17.4 Å². The molecular formula is C15H19NO3. The maximum Gasteiger partial charge on any atom is 0.270 e. The number of fused-ring (bicyclic) bond motifs is 1. The highest BCUT2D eigenvalue weighted by Crippen LogP contribution is 2.39. The molecule has 0 saturated heterocycles. The predicted molar refractivity (Wildman–Crippen MR) is 73.8 cm³/mol. The number of Topliss-reactive ketones (excluding diaryl/α,β-unsaturated/α-hetero) is 1. The zero-order valence-corrected chi connectivity index (χ0v) is 12.0. The molecule has 2 rings (SSSR count). The fraction of sp³-hybridized carbons (Fsp3) is 0.467. The van der Waals surface area contributed by atoms with E-state index in [0.717, 1.165) is 0 Å². The second-order valence-electron chi connectivity index (χ2n) is 5.62. The topological polar surface area (TPSA) is 46.6 Å². The summed E-state index contributed by atoms with van der Waals surface area (Å²) < 4.78 is 5.74. The van der Waals surface area contributed by atoms with Gasteiger partial charge in [0.1, 0.15) is 5.75 Å². The Hall–Kier alpha value is -1.84. The predicted octanol–water partition coefficient (Wildman–Crippen LogP) is 2.80. The summed E-state index contributed by atoms with van der Waals surface area (Å²) in [5.41, 5.74) is 0.377. The van der Waals surface area contributed by atoms with Crippen LogP contribution in [0.15, 0.2) is 18.2 Å². The molecule has 1 aliphatic heterocycles. The summed E-state index contributed by atoms with van der Waals surface area (Å²) in [7, 11) is 0. The lowest BCUT2D eigenvalue weighted by molar-refractivity contribution is -0.133. The number of amides is 1. The first kappa shape index (κ1) is 13.6. The van der Waals surface area contributed by atoms with Gasteiger partial charge in [-0.2, -0.15) is 0 Å². The van der Waals surface area contributed by atoms with Crippen molar-refractivity contribution in [2.45, 2.75) is 46.3 Å². The standard InChI is InChI=1S/C15H19NO3/c1-9(2)16-12-8-11(10(3)17)6-7-13(12)19-15(4,5)14(16)18/h6-9H,1-5H3. The number of anilines is 1. The van der Waals surface area contributed by atoms with Crippen LogP contribution >= 0.6 is 0 Å². The van der Waals surface area contributed by atoms with Crippen molar-refractivity contribution in [1.82, 2.24) is 0 Å². The molecule has 0 atom stereocenters. The molecule has 1 heterocycles. The monoisotopic (exact) mass is 261 g/mol. The van der Waals surface area contributed by atoms with Crippen LogP contribution in [0.5, 0.6) is 5.75 Å². The molecule has 0 N–H and O–H groups in total. The number of ketones is 1. The van der Waals surface area contributed by atoms with E-state index < -0.39 is 5.60 Å². The molecule has 0 radical (unpaired) electrons. The summed E-state index contributed by atoms with van der Waals surface area (Å²) in [4.78, 5) is 25.6. The van der Waals surface area contributed by atoms with Gasteiger partial charge in [-0.25, -0.2) is 0 Å². The van der Waals surface area contributed by atoms with Gasteiger partial charge in [0, 0.05) is 11.6 Å². The van der Waals surface area contributed by atoms with E-state index in [1.54, 1.807) is 36.9 Å². The second kappa shape index (κ2) is 4.37. The Kier molecular flexibility index (Phi) is 3.12. The molecule has 1 aliphatic rings.